The molecule has 0 aliphatic heterocycles. The van der Waals surface area contributed by atoms with E-state index in [1.807, 2.05) is 27.7 Å². The van der Waals surface area contributed by atoms with Gasteiger partial charge in [-0.15, -0.1) is 11.3 Å². The third-order valence-electron chi connectivity index (χ3n) is 6.54. The smallest absolute Gasteiger partial charge is 0.273 e. The number of benzene rings is 1. The largest absolute Gasteiger partial charge is 0.481 e. The van der Waals surface area contributed by atoms with Gasteiger partial charge in [0.2, 0.25) is 11.8 Å². The molecule has 0 saturated heterocycles. The van der Waals surface area contributed by atoms with Crippen LogP contribution in [0.4, 0.5) is 4.39 Å². The molecule has 200 valence electrons. The molecule has 0 aliphatic rings. The maximum Gasteiger partial charge on any atom is 0.273 e. The van der Waals surface area contributed by atoms with E-state index in [9.17, 15) is 22.7 Å². The van der Waals surface area contributed by atoms with Crippen molar-refractivity contribution in [2.45, 2.75) is 69.6 Å². The van der Waals surface area contributed by atoms with Crippen LogP contribution < -0.4 is 9.46 Å². The van der Waals surface area contributed by atoms with Crippen LogP contribution in [-0.4, -0.2) is 31.5 Å². The number of aromatic nitrogens is 1. The first-order chi connectivity index (χ1) is 17.3. The number of carbonyl (C=O) groups is 1. The Kier molecular flexibility index (Phi) is 8.77. The van der Waals surface area contributed by atoms with Crippen molar-refractivity contribution >= 4 is 27.3 Å². The summed E-state index contributed by atoms with van der Waals surface area (Å²) in [4.78, 5) is 17.9. The average Bonchev–Trinajstić information content (AvgIpc) is 3.27. The van der Waals surface area contributed by atoms with E-state index in [-0.39, 0.29) is 16.5 Å². The number of methoxy groups -OCH3 is 1. The van der Waals surface area contributed by atoms with Gasteiger partial charge in [-0.2, -0.15) is 0 Å². The van der Waals surface area contributed by atoms with Crippen LogP contribution in [0.25, 0.3) is 11.1 Å². The summed E-state index contributed by atoms with van der Waals surface area (Å²) in [6.45, 7) is 9.17. The number of nitrogens with zero attached hydrogens (tertiary/aromatic N) is 1. The van der Waals surface area contributed by atoms with Gasteiger partial charge in [-0.1, -0.05) is 27.7 Å². The van der Waals surface area contributed by atoms with E-state index in [1.165, 1.54) is 31.5 Å². The van der Waals surface area contributed by atoms with Crippen molar-refractivity contribution in [1.82, 2.24) is 9.71 Å². The van der Waals surface area contributed by atoms with E-state index >= 15 is 0 Å². The SMILES string of the molecule is CCC(O)(CC)c1cc(S(=O)(=O)NC(=O)Cc2c(-c3ccnc(OC)c3)cc(F)cc2C(C)C)sc1C. The molecule has 0 saturated carbocycles. The molecule has 2 N–H and O–H groups in total. The summed E-state index contributed by atoms with van der Waals surface area (Å²) in [7, 11) is -2.72. The molecular weight excluding hydrogens is 515 g/mol. The molecule has 0 spiro atoms. The molecular formula is C27H33FN2O5S2. The van der Waals surface area contributed by atoms with Crippen LogP contribution in [0.5, 0.6) is 5.88 Å². The second-order valence-electron chi connectivity index (χ2n) is 9.24. The van der Waals surface area contributed by atoms with E-state index in [1.54, 1.807) is 19.1 Å². The van der Waals surface area contributed by atoms with Gasteiger partial charge in [0.1, 0.15) is 10.0 Å². The van der Waals surface area contributed by atoms with Gasteiger partial charge in [0.15, 0.2) is 0 Å². The maximum absolute atomic E-state index is 14.6. The number of amides is 1. The lowest BCUT2D eigenvalue weighted by molar-refractivity contribution is -0.118. The highest BCUT2D eigenvalue weighted by Gasteiger charge is 2.31. The lowest BCUT2D eigenvalue weighted by Crippen LogP contribution is -2.32. The van der Waals surface area contributed by atoms with Gasteiger partial charge in [-0.25, -0.2) is 22.5 Å². The van der Waals surface area contributed by atoms with Crippen molar-refractivity contribution in [2.24, 2.45) is 0 Å². The summed E-state index contributed by atoms with van der Waals surface area (Å²) >= 11 is 1.01. The van der Waals surface area contributed by atoms with Gasteiger partial charge >= 0.3 is 0 Å². The van der Waals surface area contributed by atoms with Crippen molar-refractivity contribution in [3.8, 4) is 17.0 Å². The molecule has 3 rings (SSSR count). The van der Waals surface area contributed by atoms with Gasteiger partial charge in [0.05, 0.1) is 19.1 Å². The Morgan fingerprint density at radius 3 is 2.49 bits per heavy atom. The van der Waals surface area contributed by atoms with E-state index in [4.69, 9.17) is 4.74 Å². The van der Waals surface area contributed by atoms with Crippen LogP contribution >= 0.6 is 11.3 Å². The number of sulfonamides is 1. The minimum atomic E-state index is -4.18. The Balaban J connectivity index is 1.98. The van der Waals surface area contributed by atoms with E-state index in [0.717, 1.165) is 11.3 Å². The molecule has 37 heavy (non-hydrogen) atoms. The van der Waals surface area contributed by atoms with Gasteiger partial charge in [-0.3, -0.25) is 4.79 Å². The zero-order valence-corrected chi connectivity index (χ0v) is 23.5. The monoisotopic (exact) mass is 548 g/mol. The molecule has 0 radical (unpaired) electrons. The van der Waals surface area contributed by atoms with Gasteiger partial charge in [0, 0.05) is 17.1 Å². The molecule has 0 unspecified atom stereocenters. The lowest BCUT2D eigenvalue weighted by Gasteiger charge is -2.25. The van der Waals surface area contributed by atoms with Crippen LogP contribution in [0, 0.1) is 12.7 Å². The molecule has 2 heterocycles. The molecule has 1 amide bonds. The van der Waals surface area contributed by atoms with Gasteiger partial charge in [-0.05, 0) is 77.8 Å². The van der Waals surface area contributed by atoms with Crippen LogP contribution in [0.2, 0.25) is 0 Å². The normalized spacial score (nSPS) is 12.1. The predicted molar refractivity (Wildman–Crippen MR) is 143 cm³/mol. The second-order valence-corrected chi connectivity index (χ2v) is 12.4. The van der Waals surface area contributed by atoms with Crippen molar-refractivity contribution in [1.29, 1.82) is 0 Å². The van der Waals surface area contributed by atoms with Crippen molar-refractivity contribution < 1.29 is 27.4 Å². The minimum Gasteiger partial charge on any atom is -0.481 e. The fourth-order valence-electron chi connectivity index (χ4n) is 4.39. The summed E-state index contributed by atoms with van der Waals surface area (Å²) < 4.78 is 48.2. The number of aliphatic hydroxyl groups is 1. The topological polar surface area (TPSA) is 106 Å². The Morgan fingerprint density at radius 1 is 1.22 bits per heavy atom. The van der Waals surface area contributed by atoms with E-state index in [0.29, 0.717) is 51.4 Å². The standard InChI is InChI=1S/C27H33FN2O5S2/c1-7-27(32,8-2)23-15-26(36-17(23)5)37(33,34)30-24(31)14-22-20(16(3)4)12-19(28)13-21(22)18-9-10-29-25(11-18)35-6/h9-13,15-16,32H,7-8,14H2,1-6H3,(H,30,31). The molecule has 3 aromatic rings. The zero-order chi connectivity index (χ0) is 27.5. The number of nitrogens with one attached hydrogen (secondary N) is 1. The predicted octanol–water partition coefficient (Wildman–Crippen LogP) is 5.44. The molecule has 0 bridgehead atoms. The summed E-state index contributed by atoms with van der Waals surface area (Å²) in [5.41, 5.74) is 1.58. The summed E-state index contributed by atoms with van der Waals surface area (Å²) in [6.07, 6.45) is 2.10. The molecule has 1 aromatic carbocycles. The highest BCUT2D eigenvalue weighted by Crippen LogP contribution is 2.37. The van der Waals surface area contributed by atoms with Crippen molar-refractivity contribution in [3.63, 3.8) is 0 Å². The summed E-state index contributed by atoms with van der Waals surface area (Å²) in [5.74, 6) is -1.01. The maximum atomic E-state index is 14.6. The molecule has 0 fully saturated rings. The van der Waals surface area contributed by atoms with Crippen LogP contribution in [0.15, 0.2) is 40.7 Å². The number of pyridine rings is 1. The molecule has 0 atom stereocenters. The third-order valence-corrected chi connectivity index (χ3v) is 9.44. The summed E-state index contributed by atoms with van der Waals surface area (Å²) in [6, 6.07) is 7.44. The Labute approximate surface area is 221 Å². The third kappa shape index (κ3) is 6.19. The average molecular weight is 549 g/mol. The zero-order valence-electron chi connectivity index (χ0n) is 21.9. The van der Waals surface area contributed by atoms with Crippen molar-refractivity contribution in [3.05, 3.63) is 63.9 Å². The number of carbonyl (C=O) groups excluding carboxylic acids is 1. The first kappa shape index (κ1) is 28.7. The minimum absolute atomic E-state index is 0.0454. The van der Waals surface area contributed by atoms with Crippen LogP contribution in [0.1, 0.15) is 68.0 Å². The number of ether oxygens (including phenoxy) is 1. The molecule has 10 heteroatoms. The molecule has 2 aromatic heterocycles. The number of halogens is 1. The van der Waals surface area contributed by atoms with E-state index in [2.05, 4.69) is 9.71 Å². The van der Waals surface area contributed by atoms with E-state index < -0.39 is 27.3 Å². The Bertz CT molecular complexity index is 1400. The highest BCUT2D eigenvalue weighted by molar-refractivity contribution is 7.92. The number of rotatable bonds is 10. The number of hydrogen-bond acceptors (Lipinski definition) is 7. The number of thiophene rings is 1. The first-order valence-corrected chi connectivity index (χ1v) is 14.4. The molecule has 7 nitrogen and oxygen atoms in total. The van der Waals surface area contributed by atoms with Gasteiger partial charge in [0.25, 0.3) is 10.0 Å². The second kappa shape index (κ2) is 11.3. The Hall–Kier alpha value is -2.82. The fourth-order valence-corrected chi connectivity index (χ4v) is 6.92. The van der Waals surface area contributed by atoms with Crippen LogP contribution in [-0.2, 0) is 26.8 Å². The fraction of sp³-hybridized carbons (Fsp3) is 0.407. The van der Waals surface area contributed by atoms with Gasteiger partial charge < -0.3 is 9.84 Å². The lowest BCUT2D eigenvalue weighted by atomic mass is 9.88. The molecule has 0 aliphatic carbocycles. The quantitative estimate of drug-likeness (QED) is 0.349. The Morgan fingerprint density at radius 2 is 1.89 bits per heavy atom. The summed E-state index contributed by atoms with van der Waals surface area (Å²) in [5, 5.41) is 10.9. The number of hydrogen-bond donors (Lipinski definition) is 2. The first-order valence-electron chi connectivity index (χ1n) is 12.1. The highest BCUT2D eigenvalue weighted by atomic mass is 32.2. The van der Waals surface area contributed by atoms with Crippen molar-refractivity contribution in [2.75, 3.05) is 7.11 Å². The van der Waals surface area contributed by atoms with Crippen LogP contribution in [0.3, 0.4) is 0 Å². The number of aryl methyl sites for hydroxylation is 1.